The van der Waals surface area contributed by atoms with Crippen LogP contribution >= 0.6 is 23.7 Å². The van der Waals surface area contributed by atoms with Gasteiger partial charge in [-0.1, -0.05) is 0 Å². The maximum absolute atomic E-state index is 5.86. The van der Waals surface area contributed by atoms with Gasteiger partial charge in [0.15, 0.2) is 0 Å². The van der Waals surface area contributed by atoms with Gasteiger partial charge < -0.3 is 10.0 Å². The van der Waals surface area contributed by atoms with Gasteiger partial charge in [0.05, 0.1) is 5.69 Å². The summed E-state index contributed by atoms with van der Waals surface area (Å²) >= 11 is 7.62. The zero-order valence-corrected chi connectivity index (χ0v) is 11.8. The molecule has 0 atom stereocenters. The molecule has 0 saturated heterocycles. The van der Waals surface area contributed by atoms with E-state index in [4.69, 9.17) is 17.3 Å². The Labute approximate surface area is 112 Å². The molecule has 0 aromatic heterocycles. The van der Waals surface area contributed by atoms with Crippen LogP contribution in [0.15, 0.2) is 18.2 Å². The van der Waals surface area contributed by atoms with E-state index >= 15 is 0 Å². The van der Waals surface area contributed by atoms with Crippen LogP contribution in [0, 0.1) is 0 Å². The summed E-state index contributed by atoms with van der Waals surface area (Å²) in [5.41, 5.74) is 9.20. The first-order valence-corrected chi connectivity index (χ1v) is 7.05. The van der Waals surface area contributed by atoms with Crippen molar-refractivity contribution in [3.05, 3.63) is 23.8 Å². The van der Waals surface area contributed by atoms with Gasteiger partial charge in [-0.05, 0) is 37.6 Å². The van der Waals surface area contributed by atoms with Crippen molar-refractivity contribution < 1.29 is 0 Å². The van der Waals surface area contributed by atoms with E-state index in [2.05, 4.69) is 34.6 Å². The highest BCUT2D eigenvalue weighted by atomic mass is 35.5. The topological polar surface area (TPSA) is 32.5 Å². The van der Waals surface area contributed by atoms with Gasteiger partial charge in [-0.2, -0.15) is 0 Å². The lowest BCUT2D eigenvalue weighted by Crippen LogP contribution is -2.35. The fraction of sp³-hybridized carbons (Fsp3) is 0.500. The van der Waals surface area contributed by atoms with Gasteiger partial charge in [0, 0.05) is 42.8 Å². The average molecular weight is 272 g/mol. The van der Waals surface area contributed by atoms with Crippen molar-refractivity contribution in [2.75, 3.05) is 22.5 Å². The molecule has 1 aliphatic heterocycles. The lowest BCUT2D eigenvalue weighted by molar-refractivity contribution is 0.386. The standard InChI is InChI=1S/C12H18ClN3S/c1-9(2)16-8-10-7-11(14)3-4-12(10)15(17-16)6-5-13/h3-4,7,9H,5-6,8,14H2,1-2H3. The van der Waals surface area contributed by atoms with Gasteiger partial charge in [0.2, 0.25) is 0 Å². The van der Waals surface area contributed by atoms with Crippen LogP contribution in [0.2, 0.25) is 0 Å². The van der Waals surface area contributed by atoms with Crippen molar-refractivity contribution >= 4 is 35.1 Å². The highest BCUT2D eigenvalue weighted by Gasteiger charge is 2.25. The van der Waals surface area contributed by atoms with Crippen LogP contribution in [0.4, 0.5) is 11.4 Å². The number of hydrogen-bond acceptors (Lipinski definition) is 4. The Morgan fingerprint density at radius 2 is 2.24 bits per heavy atom. The van der Waals surface area contributed by atoms with E-state index in [0.29, 0.717) is 11.9 Å². The lowest BCUT2D eigenvalue weighted by Gasteiger charge is -2.38. The Bertz CT molecular complexity index is 397. The van der Waals surface area contributed by atoms with Gasteiger partial charge in [-0.3, -0.25) is 0 Å². The fourth-order valence-electron chi connectivity index (χ4n) is 1.86. The number of rotatable bonds is 3. The van der Waals surface area contributed by atoms with E-state index in [1.165, 1.54) is 11.3 Å². The summed E-state index contributed by atoms with van der Waals surface area (Å²) < 4.78 is 4.58. The zero-order chi connectivity index (χ0) is 12.4. The van der Waals surface area contributed by atoms with Crippen LogP contribution in [-0.4, -0.2) is 22.8 Å². The molecule has 0 unspecified atom stereocenters. The number of hydrogen-bond donors (Lipinski definition) is 1. The summed E-state index contributed by atoms with van der Waals surface area (Å²) in [5, 5.41) is 0. The molecule has 0 bridgehead atoms. The first-order chi connectivity index (χ1) is 8.11. The second-order valence-electron chi connectivity index (χ2n) is 4.43. The summed E-state index contributed by atoms with van der Waals surface area (Å²) in [7, 11) is 0. The van der Waals surface area contributed by atoms with Crippen LogP contribution in [0.5, 0.6) is 0 Å². The lowest BCUT2D eigenvalue weighted by atomic mass is 10.1. The van der Waals surface area contributed by atoms with E-state index in [-0.39, 0.29) is 0 Å². The monoisotopic (exact) mass is 271 g/mol. The first kappa shape index (κ1) is 12.9. The van der Waals surface area contributed by atoms with Crippen LogP contribution in [0.25, 0.3) is 0 Å². The molecule has 3 nitrogen and oxygen atoms in total. The van der Waals surface area contributed by atoms with E-state index in [1.54, 1.807) is 12.1 Å². The number of nitrogen functional groups attached to an aromatic ring is 1. The predicted octanol–water partition coefficient (Wildman–Crippen LogP) is 3.10. The quantitative estimate of drug-likeness (QED) is 0.520. The number of nitrogens with zero attached hydrogens (tertiary/aromatic N) is 2. The summed E-state index contributed by atoms with van der Waals surface area (Å²) in [6, 6.07) is 6.59. The Morgan fingerprint density at radius 1 is 1.47 bits per heavy atom. The minimum atomic E-state index is 0.493. The van der Waals surface area contributed by atoms with Crippen molar-refractivity contribution in [2.45, 2.75) is 26.4 Å². The van der Waals surface area contributed by atoms with Crippen molar-refractivity contribution in [3.63, 3.8) is 0 Å². The molecule has 5 heteroatoms. The highest BCUT2D eigenvalue weighted by Crippen LogP contribution is 2.37. The molecule has 0 amide bonds. The van der Waals surface area contributed by atoms with Gasteiger partial charge >= 0.3 is 0 Å². The highest BCUT2D eigenvalue weighted by molar-refractivity contribution is 7.98. The molecule has 1 heterocycles. The van der Waals surface area contributed by atoms with Crippen molar-refractivity contribution in [1.82, 2.24) is 4.31 Å². The average Bonchev–Trinajstić information content (AvgIpc) is 2.28. The second-order valence-corrected chi connectivity index (χ2v) is 5.88. The van der Waals surface area contributed by atoms with E-state index in [9.17, 15) is 0 Å². The number of anilines is 2. The Morgan fingerprint density at radius 3 is 2.88 bits per heavy atom. The van der Waals surface area contributed by atoms with Crippen molar-refractivity contribution in [3.8, 4) is 0 Å². The first-order valence-electron chi connectivity index (χ1n) is 5.78. The minimum absolute atomic E-state index is 0.493. The Kier molecular flexibility index (Phi) is 4.07. The molecular weight excluding hydrogens is 254 g/mol. The zero-order valence-electron chi connectivity index (χ0n) is 10.2. The van der Waals surface area contributed by atoms with Crippen LogP contribution in [0.1, 0.15) is 19.4 Å². The maximum Gasteiger partial charge on any atom is 0.0529 e. The van der Waals surface area contributed by atoms with E-state index < -0.39 is 0 Å². The van der Waals surface area contributed by atoms with Crippen LogP contribution in [0.3, 0.4) is 0 Å². The molecule has 1 aliphatic rings. The molecule has 94 valence electrons. The van der Waals surface area contributed by atoms with Gasteiger partial charge in [0.25, 0.3) is 0 Å². The SMILES string of the molecule is CC(C)N1Cc2cc(N)ccc2N(CCCl)S1. The summed E-state index contributed by atoms with van der Waals surface area (Å²) in [4.78, 5) is 0. The number of alkyl halides is 1. The van der Waals surface area contributed by atoms with Crippen LogP contribution in [-0.2, 0) is 6.54 Å². The van der Waals surface area contributed by atoms with Crippen LogP contribution < -0.4 is 10.0 Å². The van der Waals surface area contributed by atoms with E-state index in [0.717, 1.165) is 18.8 Å². The van der Waals surface area contributed by atoms with Crippen molar-refractivity contribution in [1.29, 1.82) is 0 Å². The molecule has 0 spiro atoms. The number of halogens is 1. The summed E-state index contributed by atoms with van der Waals surface area (Å²) in [6.07, 6.45) is 0. The number of fused-ring (bicyclic) bond motifs is 1. The molecular formula is C12H18ClN3S. The third kappa shape index (κ3) is 2.81. The smallest absolute Gasteiger partial charge is 0.0529 e. The minimum Gasteiger partial charge on any atom is -0.399 e. The second kappa shape index (κ2) is 5.38. The normalized spacial score (nSPS) is 16.4. The molecule has 1 aromatic carbocycles. The van der Waals surface area contributed by atoms with E-state index in [1.807, 2.05) is 6.07 Å². The third-order valence-corrected chi connectivity index (χ3v) is 4.27. The molecule has 1 aromatic rings. The molecule has 0 aliphatic carbocycles. The summed E-state index contributed by atoms with van der Waals surface area (Å²) in [5.74, 6) is 0.628. The summed E-state index contributed by atoms with van der Waals surface area (Å²) in [6.45, 7) is 6.17. The van der Waals surface area contributed by atoms with Gasteiger partial charge in [-0.15, -0.1) is 11.6 Å². The fourth-order valence-corrected chi connectivity index (χ4v) is 3.20. The molecule has 0 fully saturated rings. The van der Waals surface area contributed by atoms with Crippen molar-refractivity contribution in [2.24, 2.45) is 0 Å². The van der Waals surface area contributed by atoms with Gasteiger partial charge in [0.1, 0.15) is 0 Å². The Balaban J connectivity index is 2.31. The largest absolute Gasteiger partial charge is 0.399 e. The molecule has 0 saturated carbocycles. The Hall–Kier alpha value is -0.580. The molecule has 2 N–H and O–H groups in total. The molecule has 0 radical (unpaired) electrons. The third-order valence-electron chi connectivity index (χ3n) is 2.77. The molecule has 17 heavy (non-hydrogen) atoms. The number of benzene rings is 1. The number of nitrogens with two attached hydrogens (primary N) is 1. The maximum atomic E-state index is 5.86. The van der Waals surface area contributed by atoms with Gasteiger partial charge in [-0.25, -0.2) is 4.31 Å². The predicted molar refractivity (Wildman–Crippen MR) is 77.2 cm³/mol. The molecule has 2 rings (SSSR count).